The van der Waals surface area contributed by atoms with Crippen LogP contribution in [0.5, 0.6) is 0 Å². The molecule has 0 saturated heterocycles. The number of aryl methyl sites for hydroxylation is 3. The van der Waals surface area contributed by atoms with E-state index in [1.807, 2.05) is 39.0 Å². The third kappa shape index (κ3) is 5.33. The van der Waals surface area contributed by atoms with Crippen LogP contribution >= 0.6 is 11.6 Å². The second-order valence-corrected chi connectivity index (χ2v) is 6.71. The summed E-state index contributed by atoms with van der Waals surface area (Å²) < 4.78 is 0. The summed E-state index contributed by atoms with van der Waals surface area (Å²) in [5, 5.41) is 3.43. The van der Waals surface area contributed by atoms with Crippen LogP contribution in [0.2, 0.25) is 5.02 Å². The third-order valence-corrected chi connectivity index (χ3v) is 4.17. The Labute approximate surface area is 153 Å². The Morgan fingerprint density at radius 1 is 1.04 bits per heavy atom. The minimum atomic E-state index is -0.152. The summed E-state index contributed by atoms with van der Waals surface area (Å²) in [6.07, 6.45) is 0.207. The number of hydrogen-bond donors (Lipinski definition) is 1. The Kier molecular flexibility index (Phi) is 6.21. The first kappa shape index (κ1) is 19.0. The monoisotopic (exact) mass is 358 g/mol. The zero-order valence-electron chi connectivity index (χ0n) is 15.0. The summed E-state index contributed by atoms with van der Waals surface area (Å²) in [6.45, 7) is 7.72. The molecule has 2 aromatic rings. The molecule has 25 heavy (non-hydrogen) atoms. The highest BCUT2D eigenvalue weighted by molar-refractivity contribution is 6.31. The molecule has 0 bridgehead atoms. The highest BCUT2D eigenvalue weighted by Crippen LogP contribution is 2.21. The van der Waals surface area contributed by atoms with Gasteiger partial charge < -0.3 is 10.2 Å². The van der Waals surface area contributed by atoms with Crippen LogP contribution in [-0.2, 0) is 9.59 Å². The molecule has 5 heteroatoms. The molecule has 0 unspecified atom stereocenters. The van der Waals surface area contributed by atoms with Gasteiger partial charge in [0.25, 0.3) is 0 Å². The number of carbonyl (C=O) groups is 2. The molecular weight excluding hydrogens is 336 g/mol. The second kappa shape index (κ2) is 8.17. The molecule has 2 aromatic carbocycles. The standard InChI is InChI=1S/C20H23ClN2O2/c1-13-9-14(2)11-18(10-13)23(16(4)24)8-7-20(25)22-19-12-17(21)6-5-15(19)3/h5-6,9-12H,7-8H2,1-4H3,(H,22,25). The zero-order chi connectivity index (χ0) is 18.6. The van der Waals surface area contributed by atoms with Crippen molar-refractivity contribution in [3.05, 3.63) is 58.1 Å². The predicted molar refractivity (Wildman–Crippen MR) is 103 cm³/mol. The molecule has 0 aliphatic rings. The Morgan fingerprint density at radius 3 is 2.28 bits per heavy atom. The second-order valence-electron chi connectivity index (χ2n) is 6.27. The van der Waals surface area contributed by atoms with Gasteiger partial charge in [0.1, 0.15) is 0 Å². The van der Waals surface area contributed by atoms with Crippen molar-refractivity contribution in [3.8, 4) is 0 Å². The van der Waals surface area contributed by atoms with Crippen molar-refractivity contribution in [2.75, 3.05) is 16.8 Å². The van der Waals surface area contributed by atoms with Crippen molar-refractivity contribution in [1.82, 2.24) is 0 Å². The van der Waals surface area contributed by atoms with Gasteiger partial charge in [-0.25, -0.2) is 0 Å². The van der Waals surface area contributed by atoms with E-state index in [1.54, 1.807) is 17.0 Å². The number of rotatable bonds is 5. The number of hydrogen-bond acceptors (Lipinski definition) is 2. The van der Waals surface area contributed by atoms with Gasteiger partial charge in [-0.3, -0.25) is 9.59 Å². The van der Waals surface area contributed by atoms with E-state index in [0.717, 1.165) is 22.4 Å². The van der Waals surface area contributed by atoms with Crippen molar-refractivity contribution in [2.24, 2.45) is 0 Å². The molecule has 132 valence electrons. The maximum atomic E-state index is 12.3. The summed E-state index contributed by atoms with van der Waals surface area (Å²) in [6, 6.07) is 11.3. The summed E-state index contributed by atoms with van der Waals surface area (Å²) in [5.41, 5.74) is 4.62. The molecule has 4 nitrogen and oxygen atoms in total. The van der Waals surface area contributed by atoms with Crippen LogP contribution in [0.4, 0.5) is 11.4 Å². The largest absolute Gasteiger partial charge is 0.326 e. The first-order chi connectivity index (χ1) is 11.8. The van der Waals surface area contributed by atoms with Gasteiger partial charge in [-0.1, -0.05) is 23.7 Å². The normalized spacial score (nSPS) is 10.4. The molecule has 0 saturated carbocycles. The number of anilines is 2. The molecular formula is C20H23ClN2O2. The van der Waals surface area contributed by atoms with Gasteiger partial charge in [0, 0.05) is 36.3 Å². The number of nitrogens with one attached hydrogen (secondary N) is 1. The highest BCUT2D eigenvalue weighted by Gasteiger charge is 2.15. The summed E-state index contributed by atoms with van der Waals surface area (Å²) in [7, 11) is 0. The summed E-state index contributed by atoms with van der Waals surface area (Å²) in [5.74, 6) is -0.238. The average molecular weight is 359 g/mol. The maximum Gasteiger partial charge on any atom is 0.226 e. The molecule has 0 aliphatic carbocycles. The minimum absolute atomic E-state index is 0.0864. The van der Waals surface area contributed by atoms with Crippen LogP contribution in [0.3, 0.4) is 0 Å². The molecule has 0 fully saturated rings. The number of nitrogens with zero attached hydrogens (tertiary/aromatic N) is 1. The van der Waals surface area contributed by atoms with Gasteiger partial charge >= 0.3 is 0 Å². The number of carbonyl (C=O) groups excluding carboxylic acids is 2. The molecule has 0 atom stereocenters. The van der Waals surface area contributed by atoms with Gasteiger partial charge in [-0.15, -0.1) is 0 Å². The molecule has 2 rings (SSSR count). The number of amides is 2. The van der Waals surface area contributed by atoms with E-state index in [-0.39, 0.29) is 18.2 Å². The summed E-state index contributed by atoms with van der Waals surface area (Å²) in [4.78, 5) is 25.9. The van der Waals surface area contributed by atoms with E-state index in [9.17, 15) is 9.59 Å². The van der Waals surface area contributed by atoms with Crippen molar-refractivity contribution in [3.63, 3.8) is 0 Å². The molecule has 0 heterocycles. The zero-order valence-corrected chi connectivity index (χ0v) is 15.8. The molecule has 0 radical (unpaired) electrons. The predicted octanol–water partition coefficient (Wildman–Crippen LogP) is 4.65. The highest BCUT2D eigenvalue weighted by atomic mass is 35.5. The first-order valence-corrected chi connectivity index (χ1v) is 8.56. The maximum absolute atomic E-state index is 12.3. The lowest BCUT2D eigenvalue weighted by atomic mass is 10.1. The minimum Gasteiger partial charge on any atom is -0.326 e. The third-order valence-electron chi connectivity index (χ3n) is 3.93. The van der Waals surface area contributed by atoms with Crippen molar-refractivity contribution < 1.29 is 9.59 Å². The van der Waals surface area contributed by atoms with E-state index in [1.165, 1.54) is 6.92 Å². The van der Waals surface area contributed by atoms with E-state index in [2.05, 4.69) is 11.4 Å². The van der Waals surface area contributed by atoms with Crippen LogP contribution in [-0.4, -0.2) is 18.4 Å². The van der Waals surface area contributed by atoms with Gasteiger partial charge in [0.05, 0.1) is 0 Å². The van der Waals surface area contributed by atoms with Gasteiger partial charge in [0.2, 0.25) is 11.8 Å². The lowest BCUT2D eigenvalue weighted by molar-refractivity contribution is -0.117. The van der Waals surface area contributed by atoms with Crippen molar-refractivity contribution in [1.29, 1.82) is 0 Å². The van der Waals surface area contributed by atoms with Crippen LogP contribution in [0.15, 0.2) is 36.4 Å². The lowest BCUT2D eigenvalue weighted by Gasteiger charge is -2.22. The fraction of sp³-hybridized carbons (Fsp3) is 0.300. The molecule has 2 amide bonds. The molecule has 1 N–H and O–H groups in total. The van der Waals surface area contributed by atoms with Crippen molar-refractivity contribution in [2.45, 2.75) is 34.1 Å². The van der Waals surface area contributed by atoms with Crippen molar-refractivity contribution >= 4 is 34.8 Å². The van der Waals surface area contributed by atoms with Crippen LogP contribution in [0.25, 0.3) is 0 Å². The van der Waals surface area contributed by atoms with Gasteiger partial charge in [0.15, 0.2) is 0 Å². The quantitative estimate of drug-likeness (QED) is 0.845. The topological polar surface area (TPSA) is 49.4 Å². The molecule has 0 spiro atoms. The van der Waals surface area contributed by atoms with Crippen LogP contribution in [0.1, 0.15) is 30.0 Å². The van der Waals surface area contributed by atoms with Crippen LogP contribution in [0, 0.1) is 20.8 Å². The average Bonchev–Trinajstić information content (AvgIpc) is 2.50. The van der Waals surface area contributed by atoms with E-state index < -0.39 is 0 Å². The van der Waals surface area contributed by atoms with E-state index in [4.69, 9.17) is 11.6 Å². The Morgan fingerprint density at radius 2 is 1.68 bits per heavy atom. The smallest absolute Gasteiger partial charge is 0.226 e. The Balaban J connectivity index is 2.07. The fourth-order valence-corrected chi connectivity index (χ4v) is 2.90. The molecule has 0 aromatic heterocycles. The number of benzene rings is 2. The van der Waals surface area contributed by atoms with Gasteiger partial charge in [-0.05, 0) is 61.7 Å². The van der Waals surface area contributed by atoms with E-state index in [0.29, 0.717) is 17.3 Å². The van der Waals surface area contributed by atoms with Crippen LogP contribution < -0.4 is 10.2 Å². The SMILES string of the molecule is CC(=O)N(CCC(=O)Nc1cc(Cl)ccc1C)c1cc(C)cc(C)c1. The lowest BCUT2D eigenvalue weighted by Crippen LogP contribution is -2.32. The van der Waals surface area contributed by atoms with Gasteiger partial charge in [-0.2, -0.15) is 0 Å². The first-order valence-electron chi connectivity index (χ1n) is 8.18. The number of halogens is 1. The van der Waals surface area contributed by atoms with E-state index >= 15 is 0 Å². The Hall–Kier alpha value is -2.33. The Bertz CT molecular complexity index is 782. The summed E-state index contributed by atoms with van der Waals surface area (Å²) >= 11 is 5.97. The molecule has 0 aliphatic heterocycles. The fourth-order valence-electron chi connectivity index (χ4n) is 2.73.